The van der Waals surface area contributed by atoms with Crippen LogP contribution in [0.15, 0.2) is 18.2 Å². The number of likely N-dealkylation sites (tertiary alicyclic amines) is 1. The van der Waals surface area contributed by atoms with Crippen LogP contribution in [0.3, 0.4) is 0 Å². The highest BCUT2D eigenvalue weighted by Crippen LogP contribution is 2.31. The van der Waals surface area contributed by atoms with E-state index in [9.17, 15) is 14.4 Å². The number of anilines is 1. The molecule has 0 aliphatic carbocycles. The normalized spacial score (nSPS) is 17.4. The fraction of sp³-hybridized carbons (Fsp3) is 0.500. The van der Waals surface area contributed by atoms with Gasteiger partial charge in [-0.25, -0.2) is 4.98 Å². The fourth-order valence-corrected chi connectivity index (χ4v) is 4.69. The Kier molecular flexibility index (Phi) is 7.41. The fourth-order valence-electron chi connectivity index (χ4n) is 3.60. The average molecular weight is 453 g/mol. The molecule has 2 aliphatic rings. The van der Waals surface area contributed by atoms with E-state index in [0.29, 0.717) is 31.4 Å². The van der Waals surface area contributed by atoms with Crippen molar-refractivity contribution in [3.63, 3.8) is 0 Å². The van der Waals surface area contributed by atoms with Gasteiger partial charge in [0.1, 0.15) is 6.54 Å². The molecule has 10 heteroatoms. The molecule has 0 unspecified atom stereocenters. The number of morpholine rings is 1. The number of para-hydroxylation sites is 1. The summed E-state index contributed by atoms with van der Waals surface area (Å²) in [5.41, 5.74) is 1.93. The summed E-state index contributed by atoms with van der Waals surface area (Å²) in [5, 5.41) is 0.603. The van der Waals surface area contributed by atoms with E-state index in [2.05, 4.69) is 4.90 Å². The van der Waals surface area contributed by atoms with Crippen molar-refractivity contribution in [1.82, 2.24) is 14.8 Å². The molecular weight excluding hydrogens is 428 g/mol. The molecular formula is C20H25ClN4O4S. The molecule has 3 heterocycles. The van der Waals surface area contributed by atoms with Gasteiger partial charge >= 0.3 is 0 Å². The van der Waals surface area contributed by atoms with E-state index >= 15 is 0 Å². The number of hydrogen-bond donors (Lipinski definition) is 0. The minimum absolute atomic E-state index is 0. The Morgan fingerprint density at radius 2 is 1.90 bits per heavy atom. The summed E-state index contributed by atoms with van der Waals surface area (Å²) in [6, 6.07) is 5.95. The number of aromatic nitrogens is 1. The van der Waals surface area contributed by atoms with Gasteiger partial charge in [-0.3, -0.25) is 29.1 Å². The summed E-state index contributed by atoms with van der Waals surface area (Å²) in [7, 11) is 0. The second-order valence-electron chi connectivity index (χ2n) is 7.29. The van der Waals surface area contributed by atoms with Crippen molar-refractivity contribution < 1.29 is 19.1 Å². The Labute approximate surface area is 185 Å². The molecule has 0 bridgehead atoms. The number of halogens is 1. The number of carbonyl (C=O) groups is 3. The van der Waals surface area contributed by atoms with E-state index in [1.165, 1.54) is 11.3 Å². The van der Waals surface area contributed by atoms with Gasteiger partial charge in [-0.2, -0.15) is 0 Å². The maximum atomic E-state index is 13.1. The predicted octanol–water partition coefficient (Wildman–Crippen LogP) is 1.84. The van der Waals surface area contributed by atoms with Crippen LogP contribution >= 0.6 is 23.7 Å². The van der Waals surface area contributed by atoms with Gasteiger partial charge in [0.2, 0.25) is 17.7 Å². The number of imide groups is 1. The molecule has 2 fully saturated rings. The van der Waals surface area contributed by atoms with Gasteiger partial charge < -0.3 is 4.74 Å². The number of rotatable bonds is 6. The Balaban J connectivity index is 0.00000256. The summed E-state index contributed by atoms with van der Waals surface area (Å²) in [5.74, 6) is -0.841. The lowest BCUT2D eigenvalue weighted by molar-refractivity contribution is -0.141. The number of fused-ring (bicyclic) bond motifs is 1. The first kappa shape index (κ1) is 22.6. The number of hydrogen-bond acceptors (Lipinski definition) is 7. The molecule has 4 rings (SSSR count). The molecule has 0 N–H and O–H groups in total. The zero-order valence-electron chi connectivity index (χ0n) is 16.8. The second-order valence-corrected chi connectivity index (χ2v) is 8.30. The average Bonchev–Trinajstić information content (AvgIpc) is 3.28. The molecule has 3 amide bonds. The first-order chi connectivity index (χ1) is 14.0. The Hall–Kier alpha value is -2.07. The lowest BCUT2D eigenvalue weighted by Crippen LogP contribution is -2.47. The highest BCUT2D eigenvalue weighted by Gasteiger charge is 2.33. The number of benzene rings is 1. The molecule has 8 nitrogen and oxygen atoms in total. The van der Waals surface area contributed by atoms with Gasteiger partial charge in [-0.05, 0) is 18.6 Å². The third kappa shape index (κ3) is 4.80. The van der Waals surface area contributed by atoms with Crippen molar-refractivity contribution in [2.24, 2.45) is 0 Å². The molecule has 0 saturated carbocycles. The minimum Gasteiger partial charge on any atom is -0.379 e. The largest absolute Gasteiger partial charge is 0.379 e. The highest BCUT2D eigenvalue weighted by atomic mass is 35.5. The van der Waals surface area contributed by atoms with Crippen LogP contribution in [0.4, 0.5) is 5.13 Å². The lowest BCUT2D eigenvalue weighted by Gasteiger charge is -2.29. The van der Waals surface area contributed by atoms with Crippen LogP contribution in [0.2, 0.25) is 0 Å². The SMILES string of the molecule is Cc1cccc2sc(N(CCN3CCOCC3)C(=O)CN3C(=O)CCC3=O)nc12.Cl. The van der Waals surface area contributed by atoms with E-state index in [4.69, 9.17) is 9.72 Å². The maximum Gasteiger partial charge on any atom is 0.248 e. The zero-order valence-corrected chi connectivity index (χ0v) is 18.5. The van der Waals surface area contributed by atoms with Gasteiger partial charge in [0, 0.05) is 39.0 Å². The smallest absolute Gasteiger partial charge is 0.248 e. The quantitative estimate of drug-likeness (QED) is 0.622. The molecule has 2 aliphatic heterocycles. The molecule has 2 aromatic rings. The number of ether oxygens (including phenoxy) is 1. The molecule has 0 radical (unpaired) electrons. The second kappa shape index (κ2) is 9.82. The zero-order chi connectivity index (χ0) is 20.4. The van der Waals surface area contributed by atoms with Crippen LogP contribution in [-0.4, -0.2) is 78.4 Å². The monoisotopic (exact) mass is 452 g/mol. The Morgan fingerprint density at radius 3 is 2.57 bits per heavy atom. The summed E-state index contributed by atoms with van der Waals surface area (Å²) >= 11 is 1.46. The van der Waals surface area contributed by atoms with E-state index in [0.717, 1.165) is 33.8 Å². The minimum atomic E-state index is -0.281. The first-order valence-electron chi connectivity index (χ1n) is 9.83. The van der Waals surface area contributed by atoms with Gasteiger partial charge in [-0.15, -0.1) is 12.4 Å². The van der Waals surface area contributed by atoms with E-state index in [-0.39, 0.29) is 49.5 Å². The van der Waals surface area contributed by atoms with E-state index in [1.54, 1.807) is 4.90 Å². The van der Waals surface area contributed by atoms with Crippen LogP contribution in [0.1, 0.15) is 18.4 Å². The van der Waals surface area contributed by atoms with Crippen molar-refractivity contribution in [2.75, 3.05) is 50.8 Å². The number of carbonyl (C=O) groups excluding carboxylic acids is 3. The first-order valence-corrected chi connectivity index (χ1v) is 10.6. The van der Waals surface area contributed by atoms with Crippen LogP contribution in [0.25, 0.3) is 10.2 Å². The molecule has 30 heavy (non-hydrogen) atoms. The van der Waals surface area contributed by atoms with Crippen molar-refractivity contribution >= 4 is 56.8 Å². The van der Waals surface area contributed by atoms with Crippen molar-refractivity contribution in [3.8, 4) is 0 Å². The maximum absolute atomic E-state index is 13.1. The molecule has 162 valence electrons. The third-order valence-electron chi connectivity index (χ3n) is 5.33. The molecule has 0 spiro atoms. The van der Waals surface area contributed by atoms with Crippen molar-refractivity contribution in [1.29, 1.82) is 0 Å². The third-order valence-corrected chi connectivity index (χ3v) is 6.38. The van der Waals surface area contributed by atoms with E-state index < -0.39 is 0 Å². The van der Waals surface area contributed by atoms with Crippen molar-refractivity contribution in [3.05, 3.63) is 23.8 Å². The summed E-state index contributed by atoms with van der Waals surface area (Å²) in [6.45, 7) is 5.92. The van der Waals surface area contributed by atoms with Crippen LogP contribution in [0, 0.1) is 6.92 Å². The van der Waals surface area contributed by atoms with E-state index in [1.807, 2.05) is 25.1 Å². The van der Waals surface area contributed by atoms with Crippen LogP contribution in [-0.2, 0) is 19.1 Å². The molecule has 1 aromatic heterocycles. The van der Waals surface area contributed by atoms with Gasteiger partial charge in [0.05, 0.1) is 23.4 Å². The standard InChI is InChI=1S/C20H24N4O4S.ClH/c1-14-3-2-4-15-19(14)21-20(29-15)23(8-7-22-9-11-28-12-10-22)18(27)13-24-16(25)5-6-17(24)26;/h2-4H,5-13H2,1H3;1H. The van der Waals surface area contributed by atoms with Gasteiger partial charge in [-0.1, -0.05) is 23.5 Å². The number of amides is 3. The van der Waals surface area contributed by atoms with Gasteiger partial charge in [0.15, 0.2) is 5.13 Å². The number of nitrogens with zero attached hydrogens (tertiary/aromatic N) is 4. The summed E-state index contributed by atoms with van der Waals surface area (Å²) in [6.07, 6.45) is 0.362. The summed E-state index contributed by atoms with van der Waals surface area (Å²) in [4.78, 5) is 46.7. The lowest BCUT2D eigenvalue weighted by atomic mass is 10.2. The molecule has 1 aromatic carbocycles. The highest BCUT2D eigenvalue weighted by molar-refractivity contribution is 7.22. The molecule has 2 saturated heterocycles. The topological polar surface area (TPSA) is 83.0 Å². The summed E-state index contributed by atoms with van der Waals surface area (Å²) < 4.78 is 6.40. The van der Waals surface area contributed by atoms with Crippen molar-refractivity contribution in [2.45, 2.75) is 19.8 Å². The predicted molar refractivity (Wildman–Crippen MR) is 117 cm³/mol. The molecule has 0 atom stereocenters. The Morgan fingerprint density at radius 1 is 1.20 bits per heavy atom. The van der Waals surface area contributed by atoms with Crippen LogP contribution in [0.5, 0.6) is 0 Å². The van der Waals surface area contributed by atoms with Gasteiger partial charge in [0.25, 0.3) is 0 Å². The number of aryl methyl sites for hydroxylation is 1. The Bertz CT molecular complexity index is 928. The van der Waals surface area contributed by atoms with Crippen LogP contribution < -0.4 is 4.90 Å². The number of thiazole rings is 1.